The van der Waals surface area contributed by atoms with E-state index in [4.69, 9.17) is 0 Å². The topological polar surface area (TPSA) is 50.9 Å². The molecule has 2 aromatic rings. The Labute approximate surface area is 114 Å². The quantitative estimate of drug-likeness (QED) is 0.890. The van der Waals surface area contributed by atoms with Crippen LogP contribution in [0.2, 0.25) is 0 Å². The van der Waals surface area contributed by atoms with Gasteiger partial charge in [-0.25, -0.2) is 9.07 Å². The maximum atomic E-state index is 13.2. The number of hydrogen-bond acceptors (Lipinski definition) is 3. The second-order valence-corrected chi connectivity index (χ2v) is 5.06. The average Bonchev–Trinajstić information content (AvgIpc) is 2.61. The van der Waals surface area contributed by atoms with Crippen molar-refractivity contribution in [1.29, 1.82) is 0 Å². The van der Waals surface area contributed by atoms with Gasteiger partial charge in [-0.2, -0.15) is 0 Å². The molecule has 0 aliphatic heterocycles. The second kappa shape index (κ2) is 4.83. The van der Waals surface area contributed by atoms with E-state index in [9.17, 15) is 9.50 Å². The lowest BCUT2D eigenvalue weighted by Crippen LogP contribution is -2.08. The summed E-state index contributed by atoms with van der Waals surface area (Å²) in [5, 5.41) is 17.8. The maximum absolute atomic E-state index is 13.2. The van der Waals surface area contributed by atoms with Gasteiger partial charge < -0.3 is 5.11 Å². The van der Waals surface area contributed by atoms with E-state index in [2.05, 4.69) is 42.2 Å². The number of halogens is 3. The number of aliphatic hydroxyl groups excluding tert-OH is 1. The van der Waals surface area contributed by atoms with Crippen LogP contribution >= 0.6 is 31.9 Å². The van der Waals surface area contributed by atoms with Crippen LogP contribution in [0.4, 0.5) is 4.39 Å². The molecule has 1 aromatic carbocycles. The highest BCUT2D eigenvalue weighted by atomic mass is 79.9. The Kier molecular flexibility index (Phi) is 3.60. The molecule has 1 unspecified atom stereocenters. The van der Waals surface area contributed by atoms with Gasteiger partial charge >= 0.3 is 0 Å². The monoisotopic (exact) mass is 363 g/mol. The zero-order chi connectivity index (χ0) is 12.6. The highest BCUT2D eigenvalue weighted by Crippen LogP contribution is 2.31. The van der Waals surface area contributed by atoms with Gasteiger partial charge in [0.1, 0.15) is 17.6 Å². The third-order valence-corrected chi connectivity index (χ3v) is 3.63. The highest BCUT2D eigenvalue weighted by Gasteiger charge is 2.21. The fourth-order valence-corrected chi connectivity index (χ4v) is 2.51. The first-order valence-electron chi connectivity index (χ1n) is 4.68. The minimum absolute atomic E-state index is 0.409. The summed E-state index contributed by atoms with van der Waals surface area (Å²) in [7, 11) is 1.66. The fourth-order valence-electron chi connectivity index (χ4n) is 1.50. The number of aliphatic hydroxyl groups is 1. The van der Waals surface area contributed by atoms with Crippen LogP contribution in [-0.2, 0) is 7.05 Å². The molecule has 1 atom stereocenters. The van der Waals surface area contributed by atoms with Crippen molar-refractivity contribution in [3.63, 3.8) is 0 Å². The second-order valence-electron chi connectivity index (χ2n) is 3.46. The van der Waals surface area contributed by atoms with E-state index in [1.54, 1.807) is 13.1 Å². The van der Waals surface area contributed by atoms with E-state index < -0.39 is 11.9 Å². The molecule has 17 heavy (non-hydrogen) atoms. The molecule has 0 radical (unpaired) electrons. The van der Waals surface area contributed by atoms with E-state index in [1.165, 1.54) is 16.8 Å². The molecule has 1 aromatic heterocycles. The first-order valence-corrected chi connectivity index (χ1v) is 6.27. The molecular formula is C10H8Br2FN3O. The molecule has 0 saturated carbocycles. The Morgan fingerprint density at radius 1 is 1.41 bits per heavy atom. The summed E-state index contributed by atoms with van der Waals surface area (Å²) in [5.74, 6) is -0.409. The maximum Gasteiger partial charge on any atom is 0.154 e. The Morgan fingerprint density at radius 3 is 2.71 bits per heavy atom. The van der Waals surface area contributed by atoms with Gasteiger partial charge in [0.25, 0.3) is 0 Å². The van der Waals surface area contributed by atoms with Gasteiger partial charge in [-0.1, -0.05) is 21.1 Å². The van der Waals surface area contributed by atoms with Crippen molar-refractivity contribution < 1.29 is 9.50 Å². The van der Waals surface area contributed by atoms with Crippen molar-refractivity contribution in [2.24, 2.45) is 7.05 Å². The summed E-state index contributed by atoms with van der Waals surface area (Å²) in [6.45, 7) is 0. The molecule has 0 amide bonds. The van der Waals surface area contributed by atoms with Crippen molar-refractivity contribution in [3.8, 4) is 0 Å². The van der Waals surface area contributed by atoms with Crippen LogP contribution in [0.1, 0.15) is 17.4 Å². The van der Waals surface area contributed by atoms with Crippen LogP contribution in [0.3, 0.4) is 0 Å². The van der Waals surface area contributed by atoms with Crippen LogP contribution < -0.4 is 0 Å². The lowest BCUT2D eigenvalue weighted by atomic mass is 10.1. The van der Waals surface area contributed by atoms with Crippen LogP contribution in [0, 0.1) is 5.82 Å². The van der Waals surface area contributed by atoms with Gasteiger partial charge in [0.15, 0.2) is 4.60 Å². The van der Waals surface area contributed by atoms with Crippen molar-refractivity contribution in [2.75, 3.05) is 0 Å². The molecule has 0 aliphatic rings. The number of aromatic nitrogens is 3. The van der Waals surface area contributed by atoms with Gasteiger partial charge in [-0.3, -0.25) is 0 Å². The van der Waals surface area contributed by atoms with Crippen LogP contribution in [0.15, 0.2) is 27.3 Å². The normalized spacial score (nSPS) is 12.8. The van der Waals surface area contributed by atoms with Crippen molar-refractivity contribution in [1.82, 2.24) is 15.0 Å². The van der Waals surface area contributed by atoms with Crippen LogP contribution in [-0.4, -0.2) is 20.1 Å². The van der Waals surface area contributed by atoms with E-state index in [-0.39, 0.29) is 0 Å². The lowest BCUT2D eigenvalue weighted by molar-refractivity contribution is 0.207. The Morgan fingerprint density at radius 2 is 2.12 bits per heavy atom. The molecule has 1 heterocycles. The molecular weight excluding hydrogens is 357 g/mol. The summed E-state index contributed by atoms with van der Waals surface area (Å²) in [5.41, 5.74) is 0.896. The van der Waals surface area contributed by atoms with Gasteiger partial charge in [-0.15, -0.1) is 5.10 Å². The van der Waals surface area contributed by atoms with Gasteiger partial charge in [0.2, 0.25) is 0 Å². The first-order chi connectivity index (χ1) is 8.00. The molecule has 1 N–H and O–H groups in total. The number of hydrogen-bond donors (Lipinski definition) is 1. The standard InChI is InChI=1S/C10H8Br2FN3O/c1-16-8(10(12)14-15-16)9(17)6-4-5(13)2-3-7(6)11/h2-4,9,17H,1H3. The number of benzene rings is 1. The predicted octanol–water partition coefficient (Wildman–Crippen LogP) is 2.56. The van der Waals surface area contributed by atoms with Gasteiger partial charge in [0.05, 0.1) is 0 Å². The minimum atomic E-state index is -1.01. The number of rotatable bonds is 2. The molecule has 0 bridgehead atoms. The molecule has 0 saturated heterocycles. The Balaban J connectivity index is 2.50. The zero-order valence-corrected chi connectivity index (χ0v) is 11.9. The molecule has 0 aliphatic carbocycles. The third-order valence-electron chi connectivity index (χ3n) is 2.34. The minimum Gasteiger partial charge on any atom is -0.382 e. The molecule has 4 nitrogen and oxygen atoms in total. The summed E-state index contributed by atoms with van der Waals surface area (Å²) < 4.78 is 15.7. The van der Waals surface area contributed by atoms with Crippen molar-refractivity contribution in [2.45, 2.75) is 6.10 Å². The summed E-state index contributed by atoms with van der Waals surface area (Å²) >= 11 is 6.47. The van der Waals surface area contributed by atoms with E-state index >= 15 is 0 Å². The lowest BCUT2D eigenvalue weighted by Gasteiger charge is -2.13. The van der Waals surface area contributed by atoms with Crippen molar-refractivity contribution >= 4 is 31.9 Å². The first kappa shape index (κ1) is 12.7. The van der Waals surface area contributed by atoms with E-state index in [1.807, 2.05) is 0 Å². The summed E-state index contributed by atoms with van der Waals surface area (Å²) in [4.78, 5) is 0. The van der Waals surface area contributed by atoms with E-state index in [0.29, 0.717) is 20.3 Å². The average molecular weight is 365 g/mol. The number of nitrogens with zero attached hydrogens (tertiary/aromatic N) is 3. The molecule has 0 fully saturated rings. The Hall–Kier alpha value is -0.790. The van der Waals surface area contributed by atoms with Crippen LogP contribution in [0.25, 0.3) is 0 Å². The van der Waals surface area contributed by atoms with Gasteiger partial charge in [0, 0.05) is 17.1 Å². The smallest absolute Gasteiger partial charge is 0.154 e. The summed E-state index contributed by atoms with van der Waals surface area (Å²) in [6.07, 6.45) is -1.01. The largest absolute Gasteiger partial charge is 0.382 e. The Bertz CT molecular complexity index is 539. The van der Waals surface area contributed by atoms with Crippen LogP contribution in [0.5, 0.6) is 0 Å². The van der Waals surface area contributed by atoms with E-state index in [0.717, 1.165) is 0 Å². The van der Waals surface area contributed by atoms with Gasteiger partial charge in [-0.05, 0) is 34.1 Å². The predicted molar refractivity (Wildman–Crippen MR) is 66.9 cm³/mol. The molecule has 2 rings (SSSR count). The SMILES string of the molecule is Cn1nnc(Br)c1C(O)c1cc(F)ccc1Br. The molecule has 0 spiro atoms. The third kappa shape index (κ3) is 2.41. The summed E-state index contributed by atoms with van der Waals surface area (Å²) in [6, 6.07) is 4.14. The molecule has 90 valence electrons. The fraction of sp³-hybridized carbons (Fsp3) is 0.200. The number of aryl methyl sites for hydroxylation is 1. The zero-order valence-electron chi connectivity index (χ0n) is 8.73. The highest BCUT2D eigenvalue weighted by molar-refractivity contribution is 9.10. The molecule has 7 heteroatoms. The van der Waals surface area contributed by atoms with Crippen molar-refractivity contribution in [3.05, 3.63) is 44.3 Å².